The fraction of sp³-hybridized carbons (Fsp3) is 0.571. The van der Waals surface area contributed by atoms with E-state index in [1.807, 2.05) is 19.1 Å². The van der Waals surface area contributed by atoms with Gasteiger partial charge in [0.15, 0.2) is 6.10 Å². The summed E-state index contributed by atoms with van der Waals surface area (Å²) in [6.45, 7) is 3.17. The fourth-order valence-electron chi connectivity index (χ4n) is 5.12. The van der Waals surface area contributed by atoms with E-state index in [2.05, 4.69) is 26.7 Å². The summed E-state index contributed by atoms with van der Waals surface area (Å²) in [7, 11) is 0. The predicted molar refractivity (Wildman–Crippen MR) is 108 cm³/mol. The van der Waals surface area contributed by atoms with Crippen LogP contribution in [0.1, 0.15) is 38.3 Å². The maximum absolute atomic E-state index is 13.0. The van der Waals surface area contributed by atoms with Crippen LogP contribution >= 0.6 is 0 Å². The third kappa shape index (κ3) is 3.45. The van der Waals surface area contributed by atoms with Crippen LogP contribution in [-0.2, 0) is 9.53 Å². The molecular formula is C21H26N6O2. The van der Waals surface area contributed by atoms with Crippen LogP contribution in [0.3, 0.4) is 0 Å². The number of aromatic nitrogens is 2. The lowest BCUT2D eigenvalue weighted by atomic mass is 9.99. The summed E-state index contributed by atoms with van der Waals surface area (Å²) in [6.07, 6.45) is 5.54. The summed E-state index contributed by atoms with van der Waals surface area (Å²) in [5.41, 5.74) is 2.33. The number of fused-ring (bicyclic) bond motifs is 3. The minimum Gasteiger partial charge on any atom is -0.364 e. The Kier molecular flexibility index (Phi) is 4.64. The number of carbonyl (C=O) groups is 1. The molecule has 0 saturated carbocycles. The van der Waals surface area contributed by atoms with Gasteiger partial charge in [-0.2, -0.15) is 10.4 Å². The van der Waals surface area contributed by atoms with E-state index < -0.39 is 6.10 Å². The molecule has 2 N–H and O–H groups in total. The highest BCUT2D eigenvalue weighted by molar-refractivity contribution is 5.83. The molecule has 1 amide bonds. The maximum Gasteiger partial charge on any atom is 0.251 e. The van der Waals surface area contributed by atoms with Gasteiger partial charge in [0.05, 0.1) is 30.0 Å². The van der Waals surface area contributed by atoms with Crippen molar-refractivity contribution in [1.82, 2.24) is 20.2 Å². The van der Waals surface area contributed by atoms with Crippen molar-refractivity contribution in [3.05, 3.63) is 30.1 Å². The molecule has 3 aliphatic rings. The topological polar surface area (TPSA) is 94.7 Å². The number of pyridine rings is 1. The molecule has 4 atom stereocenters. The molecule has 2 aromatic rings. The number of nitrogens with one attached hydrogen (secondary N) is 2. The monoisotopic (exact) mass is 394 g/mol. The smallest absolute Gasteiger partial charge is 0.251 e. The molecule has 2 unspecified atom stereocenters. The maximum atomic E-state index is 13.0. The van der Waals surface area contributed by atoms with E-state index in [4.69, 9.17) is 4.74 Å². The van der Waals surface area contributed by atoms with Gasteiger partial charge in [0, 0.05) is 24.7 Å². The molecule has 29 heavy (non-hydrogen) atoms. The Labute approximate surface area is 169 Å². The number of amides is 1. The summed E-state index contributed by atoms with van der Waals surface area (Å²) < 4.78 is 7.65. The van der Waals surface area contributed by atoms with Gasteiger partial charge in [0.2, 0.25) is 0 Å². The molecule has 3 fully saturated rings. The molecule has 3 aliphatic heterocycles. The number of rotatable bonds is 3. The van der Waals surface area contributed by atoms with Gasteiger partial charge in [-0.3, -0.25) is 4.79 Å². The number of morpholine rings is 1. The summed E-state index contributed by atoms with van der Waals surface area (Å²) in [6, 6.07) is 9.08. The van der Waals surface area contributed by atoms with E-state index in [9.17, 15) is 10.1 Å². The molecule has 2 aromatic heterocycles. The van der Waals surface area contributed by atoms with Crippen molar-refractivity contribution >= 4 is 17.1 Å². The summed E-state index contributed by atoms with van der Waals surface area (Å²) in [4.78, 5) is 15.2. The van der Waals surface area contributed by atoms with Gasteiger partial charge in [0.25, 0.3) is 5.91 Å². The first-order valence-corrected chi connectivity index (χ1v) is 10.4. The van der Waals surface area contributed by atoms with Crippen LogP contribution in [0.5, 0.6) is 0 Å². The molecule has 5 rings (SSSR count). The lowest BCUT2D eigenvalue weighted by molar-refractivity contribution is -0.138. The SMILES string of the molecule is CC1CN(c2ccc(C#N)n3nccc23)CC(C(=O)NC2C[C@H]3CC[C@H](C2)N3)O1. The molecule has 2 bridgehead atoms. The van der Waals surface area contributed by atoms with Gasteiger partial charge in [-0.1, -0.05) is 0 Å². The number of nitrogens with zero attached hydrogens (tertiary/aromatic N) is 4. The van der Waals surface area contributed by atoms with Crippen molar-refractivity contribution in [2.24, 2.45) is 0 Å². The Morgan fingerprint density at radius 2 is 2.07 bits per heavy atom. The van der Waals surface area contributed by atoms with E-state index >= 15 is 0 Å². The number of anilines is 1. The normalized spacial score (nSPS) is 31.6. The second-order valence-corrected chi connectivity index (χ2v) is 8.50. The van der Waals surface area contributed by atoms with E-state index in [0.29, 0.717) is 30.9 Å². The van der Waals surface area contributed by atoms with Gasteiger partial charge >= 0.3 is 0 Å². The first-order valence-electron chi connectivity index (χ1n) is 10.4. The van der Waals surface area contributed by atoms with Gasteiger partial charge < -0.3 is 20.3 Å². The van der Waals surface area contributed by atoms with Crippen molar-refractivity contribution in [3.63, 3.8) is 0 Å². The van der Waals surface area contributed by atoms with Gasteiger partial charge in [0.1, 0.15) is 11.8 Å². The van der Waals surface area contributed by atoms with Crippen LogP contribution in [-0.4, -0.2) is 58.9 Å². The zero-order valence-corrected chi connectivity index (χ0v) is 16.5. The standard InChI is InChI=1S/C21H26N6O2/c1-13-11-26(18-5-4-17(10-22)27-19(18)6-7-23-27)12-20(29-13)21(28)25-16-8-14-2-3-15(9-16)24-14/h4-7,13-16,20,24H,2-3,8-9,11-12H2,1H3,(H,25,28)/t13?,14-,15-,20?/m1/s1. The Morgan fingerprint density at radius 3 is 2.83 bits per heavy atom. The molecule has 0 aromatic carbocycles. The van der Waals surface area contributed by atoms with E-state index in [1.54, 1.807) is 16.8 Å². The third-order valence-electron chi connectivity index (χ3n) is 6.36. The second-order valence-electron chi connectivity index (χ2n) is 8.50. The van der Waals surface area contributed by atoms with Crippen molar-refractivity contribution in [3.8, 4) is 6.07 Å². The first-order chi connectivity index (χ1) is 14.1. The Balaban J connectivity index is 1.33. The second kappa shape index (κ2) is 7.32. The zero-order valence-electron chi connectivity index (χ0n) is 16.5. The summed E-state index contributed by atoms with van der Waals surface area (Å²) >= 11 is 0. The Bertz CT molecular complexity index is 954. The largest absolute Gasteiger partial charge is 0.364 e. The predicted octanol–water partition coefficient (Wildman–Crippen LogP) is 1.20. The van der Waals surface area contributed by atoms with E-state index in [-0.39, 0.29) is 18.1 Å². The van der Waals surface area contributed by atoms with Crippen LogP contribution in [0.15, 0.2) is 24.4 Å². The van der Waals surface area contributed by atoms with Crippen molar-refractivity contribution < 1.29 is 9.53 Å². The fourth-order valence-corrected chi connectivity index (χ4v) is 5.12. The Hall–Kier alpha value is -2.63. The van der Waals surface area contributed by atoms with Crippen LogP contribution in [0.2, 0.25) is 0 Å². The minimum atomic E-state index is -0.509. The number of nitriles is 1. The zero-order chi connectivity index (χ0) is 20.0. The van der Waals surface area contributed by atoms with Gasteiger partial charge in [-0.15, -0.1) is 0 Å². The molecule has 0 spiro atoms. The summed E-state index contributed by atoms with van der Waals surface area (Å²) in [5.74, 6) is -0.0222. The average Bonchev–Trinajstić information content (AvgIpc) is 3.33. The molecule has 3 saturated heterocycles. The van der Waals surface area contributed by atoms with Crippen LogP contribution in [0, 0.1) is 11.3 Å². The highest BCUT2D eigenvalue weighted by Gasteiger charge is 2.37. The molecule has 8 heteroatoms. The highest BCUT2D eigenvalue weighted by Crippen LogP contribution is 2.28. The molecule has 5 heterocycles. The third-order valence-corrected chi connectivity index (χ3v) is 6.36. The number of piperidine rings is 1. The number of hydrogen-bond donors (Lipinski definition) is 2. The van der Waals surface area contributed by atoms with Crippen molar-refractivity contribution in [2.75, 3.05) is 18.0 Å². The Morgan fingerprint density at radius 1 is 1.28 bits per heavy atom. The van der Waals surface area contributed by atoms with Crippen molar-refractivity contribution in [2.45, 2.75) is 62.9 Å². The molecule has 0 radical (unpaired) electrons. The minimum absolute atomic E-state index is 0.0222. The van der Waals surface area contributed by atoms with Crippen LogP contribution < -0.4 is 15.5 Å². The van der Waals surface area contributed by atoms with Crippen molar-refractivity contribution in [1.29, 1.82) is 5.26 Å². The lowest BCUT2D eigenvalue weighted by Crippen LogP contribution is -2.56. The molecule has 0 aliphatic carbocycles. The average molecular weight is 394 g/mol. The van der Waals surface area contributed by atoms with Crippen LogP contribution in [0.4, 0.5) is 5.69 Å². The lowest BCUT2D eigenvalue weighted by Gasteiger charge is -2.38. The number of hydrogen-bond acceptors (Lipinski definition) is 6. The summed E-state index contributed by atoms with van der Waals surface area (Å²) in [5, 5.41) is 20.4. The highest BCUT2D eigenvalue weighted by atomic mass is 16.5. The number of ether oxygens (including phenoxy) is 1. The quantitative estimate of drug-likeness (QED) is 0.812. The molecule has 152 valence electrons. The molecular weight excluding hydrogens is 368 g/mol. The van der Waals surface area contributed by atoms with E-state index in [0.717, 1.165) is 24.0 Å². The van der Waals surface area contributed by atoms with Gasteiger partial charge in [-0.05, 0) is 50.8 Å². The van der Waals surface area contributed by atoms with E-state index in [1.165, 1.54) is 12.8 Å². The van der Waals surface area contributed by atoms with Gasteiger partial charge in [-0.25, -0.2) is 4.52 Å². The molecule has 8 nitrogen and oxygen atoms in total. The number of carbonyl (C=O) groups excluding carboxylic acids is 1. The van der Waals surface area contributed by atoms with Crippen LogP contribution in [0.25, 0.3) is 5.52 Å². The first kappa shape index (κ1) is 18.4.